The molecule has 0 spiro atoms. The topological polar surface area (TPSA) is 69.7 Å². The summed E-state index contributed by atoms with van der Waals surface area (Å²) in [5, 5.41) is -0.850. The van der Waals surface area contributed by atoms with E-state index in [0.29, 0.717) is 0 Å². The molecule has 0 aliphatic heterocycles. The average Bonchev–Trinajstić information content (AvgIpc) is 2.40. The minimum absolute atomic E-state index is 0.147. The highest BCUT2D eigenvalue weighted by Crippen LogP contribution is 2.38. The summed E-state index contributed by atoms with van der Waals surface area (Å²) in [6.45, 7) is 4.99. The molecule has 0 aliphatic carbocycles. The number of ether oxygens (including phenoxy) is 1. The summed E-state index contributed by atoms with van der Waals surface area (Å²) < 4.78 is 67.9. The standard InChI is InChI=1S/C14H13Cl2F3O5S/c1-13(2,3)23-10(20)7-5-8-4-6-9(12(16)11(8)15)24-25(21,22)14(17,18)19/h4-7H,1-3H3/b7-5+. The Morgan fingerprint density at radius 2 is 1.68 bits per heavy atom. The lowest BCUT2D eigenvalue weighted by atomic mass is 10.2. The van der Waals surface area contributed by atoms with E-state index in [9.17, 15) is 26.4 Å². The molecule has 5 nitrogen and oxygen atoms in total. The molecule has 0 atom stereocenters. The summed E-state index contributed by atoms with van der Waals surface area (Å²) in [5.74, 6) is -1.47. The first-order chi connectivity index (χ1) is 11.1. The van der Waals surface area contributed by atoms with Gasteiger partial charge in [0.05, 0.1) is 5.02 Å². The minimum atomic E-state index is -5.88. The monoisotopic (exact) mass is 420 g/mol. The molecule has 0 heterocycles. The van der Waals surface area contributed by atoms with Gasteiger partial charge < -0.3 is 8.92 Å². The maximum Gasteiger partial charge on any atom is 0.534 e. The minimum Gasteiger partial charge on any atom is -0.457 e. The van der Waals surface area contributed by atoms with E-state index in [1.807, 2.05) is 0 Å². The van der Waals surface area contributed by atoms with Gasteiger partial charge in [0, 0.05) is 6.08 Å². The van der Waals surface area contributed by atoms with Crippen molar-refractivity contribution in [2.75, 3.05) is 0 Å². The summed E-state index contributed by atoms with van der Waals surface area (Å²) in [6, 6.07) is 2.02. The number of hydrogen-bond donors (Lipinski definition) is 0. The normalized spacial score (nSPS) is 13.1. The van der Waals surface area contributed by atoms with Crippen molar-refractivity contribution in [3.8, 4) is 5.75 Å². The van der Waals surface area contributed by atoms with Crippen LogP contribution in [0.4, 0.5) is 13.2 Å². The number of alkyl halides is 3. The van der Waals surface area contributed by atoms with Gasteiger partial charge in [-0.15, -0.1) is 0 Å². The van der Waals surface area contributed by atoms with Gasteiger partial charge in [0.25, 0.3) is 0 Å². The van der Waals surface area contributed by atoms with Crippen molar-refractivity contribution in [2.45, 2.75) is 31.9 Å². The molecule has 140 valence electrons. The largest absolute Gasteiger partial charge is 0.534 e. The highest BCUT2D eigenvalue weighted by molar-refractivity contribution is 7.88. The van der Waals surface area contributed by atoms with Gasteiger partial charge in [-0.2, -0.15) is 21.6 Å². The zero-order chi connectivity index (χ0) is 19.6. The molecule has 1 aromatic rings. The van der Waals surface area contributed by atoms with Crippen molar-refractivity contribution in [1.82, 2.24) is 0 Å². The zero-order valence-corrected chi connectivity index (χ0v) is 15.5. The highest BCUT2D eigenvalue weighted by atomic mass is 35.5. The Labute approximate surface area is 152 Å². The summed E-state index contributed by atoms with van der Waals surface area (Å²) in [6.07, 6.45) is 2.25. The number of esters is 1. The van der Waals surface area contributed by atoms with Gasteiger partial charge in [0.1, 0.15) is 10.6 Å². The molecule has 1 aromatic carbocycles. The van der Waals surface area contributed by atoms with E-state index >= 15 is 0 Å². The molecular formula is C14H13Cl2F3O5S. The van der Waals surface area contributed by atoms with Gasteiger partial charge in [-0.05, 0) is 44.5 Å². The molecule has 0 N–H and O–H groups in total. The van der Waals surface area contributed by atoms with Crippen molar-refractivity contribution in [1.29, 1.82) is 0 Å². The number of benzene rings is 1. The fraction of sp³-hybridized carbons (Fsp3) is 0.357. The first-order valence-corrected chi connectivity index (χ1v) is 8.70. The first-order valence-electron chi connectivity index (χ1n) is 6.54. The van der Waals surface area contributed by atoms with E-state index in [2.05, 4.69) is 4.18 Å². The molecule has 0 unspecified atom stereocenters. The quantitative estimate of drug-likeness (QED) is 0.308. The SMILES string of the molecule is CC(C)(C)OC(=O)/C=C/c1ccc(OS(=O)(=O)C(F)(F)F)c(Cl)c1Cl. The average molecular weight is 421 g/mol. The summed E-state index contributed by atoms with van der Waals surface area (Å²) in [4.78, 5) is 11.6. The van der Waals surface area contributed by atoms with Crippen LogP contribution in [0.5, 0.6) is 5.75 Å². The van der Waals surface area contributed by atoms with Crippen LogP contribution >= 0.6 is 23.2 Å². The summed E-state index contributed by atoms with van der Waals surface area (Å²) in [7, 11) is -5.88. The van der Waals surface area contributed by atoms with Crippen LogP contribution in [0.2, 0.25) is 10.0 Å². The van der Waals surface area contributed by atoms with Gasteiger partial charge in [-0.1, -0.05) is 23.2 Å². The Morgan fingerprint density at radius 3 is 2.16 bits per heavy atom. The molecule has 0 aromatic heterocycles. The predicted octanol–water partition coefficient (Wildman–Crippen LogP) is 4.58. The molecule has 25 heavy (non-hydrogen) atoms. The Morgan fingerprint density at radius 1 is 1.12 bits per heavy atom. The Balaban J connectivity index is 3.07. The summed E-state index contributed by atoms with van der Waals surface area (Å²) in [5.41, 5.74) is -6.18. The maximum absolute atomic E-state index is 12.3. The van der Waals surface area contributed by atoms with Crippen molar-refractivity contribution in [3.63, 3.8) is 0 Å². The van der Waals surface area contributed by atoms with Crippen LogP contribution in [0.15, 0.2) is 18.2 Å². The van der Waals surface area contributed by atoms with Crippen LogP contribution in [-0.2, 0) is 19.6 Å². The molecule has 0 radical (unpaired) electrons. The molecule has 1 rings (SSSR count). The Hall–Kier alpha value is -1.45. The van der Waals surface area contributed by atoms with Gasteiger partial charge in [-0.25, -0.2) is 4.79 Å². The van der Waals surface area contributed by atoms with E-state index in [1.165, 1.54) is 6.08 Å². The second-order valence-corrected chi connectivity index (χ2v) is 7.92. The molecule has 0 saturated carbocycles. The van der Waals surface area contributed by atoms with Crippen LogP contribution < -0.4 is 4.18 Å². The van der Waals surface area contributed by atoms with Crippen LogP contribution in [0, 0.1) is 0 Å². The van der Waals surface area contributed by atoms with Crippen molar-refractivity contribution in [2.24, 2.45) is 0 Å². The third kappa shape index (κ3) is 6.09. The van der Waals surface area contributed by atoms with Crippen molar-refractivity contribution < 1.29 is 35.3 Å². The van der Waals surface area contributed by atoms with Gasteiger partial charge >= 0.3 is 21.6 Å². The molecule has 0 fully saturated rings. The number of carbonyl (C=O) groups is 1. The van der Waals surface area contributed by atoms with Gasteiger partial charge in [-0.3, -0.25) is 0 Å². The molecule has 0 bridgehead atoms. The maximum atomic E-state index is 12.3. The van der Waals surface area contributed by atoms with Crippen LogP contribution in [0.25, 0.3) is 6.08 Å². The highest BCUT2D eigenvalue weighted by Gasteiger charge is 2.48. The van der Waals surface area contributed by atoms with E-state index in [0.717, 1.165) is 18.2 Å². The Bertz CT molecular complexity index is 796. The molecule has 0 amide bonds. The molecule has 11 heteroatoms. The summed E-state index contributed by atoms with van der Waals surface area (Å²) >= 11 is 11.6. The zero-order valence-electron chi connectivity index (χ0n) is 13.1. The first kappa shape index (κ1) is 21.6. The number of hydrogen-bond acceptors (Lipinski definition) is 5. The number of rotatable bonds is 4. The lowest BCUT2D eigenvalue weighted by Gasteiger charge is -2.18. The molecule has 0 aliphatic rings. The second-order valence-electron chi connectivity index (χ2n) is 5.63. The lowest BCUT2D eigenvalue weighted by molar-refractivity contribution is -0.148. The van der Waals surface area contributed by atoms with Crippen LogP contribution in [0.1, 0.15) is 26.3 Å². The number of carbonyl (C=O) groups excluding carboxylic acids is 1. The lowest BCUT2D eigenvalue weighted by Crippen LogP contribution is -2.28. The fourth-order valence-electron chi connectivity index (χ4n) is 1.40. The van der Waals surface area contributed by atoms with Gasteiger partial charge in [0.15, 0.2) is 5.75 Å². The van der Waals surface area contributed by atoms with Crippen LogP contribution in [0.3, 0.4) is 0 Å². The van der Waals surface area contributed by atoms with Crippen molar-refractivity contribution >= 4 is 45.4 Å². The van der Waals surface area contributed by atoms with Crippen molar-refractivity contribution in [3.05, 3.63) is 33.8 Å². The van der Waals surface area contributed by atoms with Crippen LogP contribution in [-0.4, -0.2) is 25.5 Å². The van der Waals surface area contributed by atoms with E-state index in [1.54, 1.807) is 20.8 Å². The predicted molar refractivity (Wildman–Crippen MR) is 86.9 cm³/mol. The molecular weight excluding hydrogens is 408 g/mol. The fourth-order valence-corrected chi connectivity index (χ4v) is 2.34. The van der Waals surface area contributed by atoms with Gasteiger partial charge in [0.2, 0.25) is 0 Å². The van der Waals surface area contributed by atoms with E-state index in [-0.39, 0.29) is 10.6 Å². The third-order valence-electron chi connectivity index (χ3n) is 2.37. The third-order valence-corrected chi connectivity index (χ3v) is 4.21. The second kappa shape index (κ2) is 7.43. The van der Waals surface area contributed by atoms with E-state index < -0.39 is 38.0 Å². The smallest absolute Gasteiger partial charge is 0.457 e. The van der Waals surface area contributed by atoms with E-state index in [4.69, 9.17) is 27.9 Å². The molecule has 0 saturated heterocycles. The number of halogens is 5. The Kier molecular flexibility index (Phi) is 6.41.